The third-order valence-corrected chi connectivity index (χ3v) is 7.12. The van der Waals surface area contributed by atoms with Gasteiger partial charge in [0.1, 0.15) is 11.5 Å². The highest BCUT2D eigenvalue weighted by atomic mass is 16.5. The number of hydrogen-bond acceptors (Lipinski definition) is 8. The van der Waals surface area contributed by atoms with E-state index in [2.05, 4.69) is 4.90 Å². The normalized spacial score (nSPS) is 19.9. The number of pyridine rings is 1. The van der Waals surface area contributed by atoms with Gasteiger partial charge in [0.25, 0.3) is 5.56 Å². The van der Waals surface area contributed by atoms with Gasteiger partial charge in [0.15, 0.2) is 5.76 Å². The van der Waals surface area contributed by atoms with Crippen LogP contribution in [0, 0.1) is 5.92 Å². The number of piperidine rings is 1. The summed E-state index contributed by atoms with van der Waals surface area (Å²) >= 11 is 0. The Bertz CT molecular complexity index is 1410. The first-order valence-electron chi connectivity index (χ1n) is 12.0. The van der Waals surface area contributed by atoms with E-state index in [1.54, 1.807) is 24.3 Å². The summed E-state index contributed by atoms with van der Waals surface area (Å²) in [5.74, 6) is -1.12. The number of rotatable bonds is 6. The Hall–Kier alpha value is -3.85. The van der Waals surface area contributed by atoms with Crippen molar-refractivity contribution >= 4 is 5.97 Å². The summed E-state index contributed by atoms with van der Waals surface area (Å²) in [5.41, 5.74) is 0.952. The van der Waals surface area contributed by atoms with Gasteiger partial charge in [-0.3, -0.25) is 19.3 Å². The van der Waals surface area contributed by atoms with E-state index < -0.39 is 23.1 Å². The Labute approximate surface area is 207 Å². The summed E-state index contributed by atoms with van der Waals surface area (Å²) in [6.07, 6.45) is 0.822. The standard InChI is InChI=1S/C27H28N2O7/c1-35-25(33)11-21(17-4-2-5-19(30)9-17)27-26(34)23(31)10-20(36-27)15-28-12-16-8-18(14-28)22-6-3-7-24(32)29(22)13-16/h2-7,9-10,16,18,21,30,34H,8,11-15H2,1H3/t16-,18+,21?/m1/s1. The van der Waals surface area contributed by atoms with E-state index in [0.717, 1.165) is 18.7 Å². The highest BCUT2D eigenvalue weighted by Crippen LogP contribution is 2.37. The number of aromatic hydroxyl groups is 2. The van der Waals surface area contributed by atoms with Crippen molar-refractivity contribution in [1.82, 2.24) is 9.47 Å². The lowest BCUT2D eigenvalue weighted by molar-refractivity contribution is -0.140. The molecule has 0 spiro atoms. The topological polar surface area (TPSA) is 122 Å². The smallest absolute Gasteiger partial charge is 0.306 e. The zero-order valence-corrected chi connectivity index (χ0v) is 19.9. The quantitative estimate of drug-likeness (QED) is 0.504. The summed E-state index contributed by atoms with van der Waals surface area (Å²) in [6, 6.07) is 12.9. The SMILES string of the molecule is COC(=O)CC(c1cccc(O)c1)c1oc(CN2C[C@H]3C[C@@H](C2)c2cccc(=O)n2C3)cc(=O)c1O. The van der Waals surface area contributed by atoms with Gasteiger partial charge in [-0.2, -0.15) is 0 Å². The van der Waals surface area contributed by atoms with Crippen LogP contribution < -0.4 is 11.0 Å². The first-order valence-corrected chi connectivity index (χ1v) is 12.0. The molecule has 4 heterocycles. The predicted molar refractivity (Wildman–Crippen MR) is 130 cm³/mol. The predicted octanol–water partition coefficient (Wildman–Crippen LogP) is 2.53. The van der Waals surface area contributed by atoms with E-state index in [1.165, 1.54) is 25.3 Å². The lowest BCUT2D eigenvalue weighted by Crippen LogP contribution is -2.46. The largest absolute Gasteiger partial charge is 0.508 e. The van der Waals surface area contributed by atoms with Gasteiger partial charge < -0.3 is 23.9 Å². The van der Waals surface area contributed by atoms with Crippen LogP contribution in [0.1, 0.15) is 47.5 Å². The summed E-state index contributed by atoms with van der Waals surface area (Å²) in [5, 5.41) is 20.6. The first kappa shape index (κ1) is 23.9. The molecule has 5 rings (SSSR count). The molecule has 1 aromatic carbocycles. The minimum absolute atomic E-state index is 0.0143. The van der Waals surface area contributed by atoms with Crippen molar-refractivity contribution in [2.45, 2.75) is 37.8 Å². The van der Waals surface area contributed by atoms with E-state index in [-0.39, 0.29) is 29.4 Å². The minimum atomic E-state index is -0.823. The molecule has 3 atom stereocenters. The molecule has 0 radical (unpaired) electrons. The van der Waals surface area contributed by atoms with Gasteiger partial charge in [-0.25, -0.2) is 0 Å². The fraction of sp³-hybridized carbons (Fsp3) is 0.370. The number of hydrogen-bond donors (Lipinski definition) is 2. The Balaban J connectivity index is 1.45. The van der Waals surface area contributed by atoms with Crippen LogP contribution in [0.15, 0.2) is 62.5 Å². The lowest BCUT2D eigenvalue weighted by atomic mass is 9.83. The van der Waals surface area contributed by atoms with Gasteiger partial charge in [0, 0.05) is 43.4 Å². The average molecular weight is 493 g/mol. The Morgan fingerprint density at radius 2 is 1.92 bits per heavy atom. The van der Waals surface area contributed by atoms with E-state index in [4.69, 9.17) is 9.15 Å². The number of esters is 1. The number of likely N-dealkylation sites (tertiary alicyclic amines) is 1. The summed E-state index contributed by atoms with van der Waals surface area (Å²) in [7, 11) is 1.26. The number of phenols is 1. The van der Waals surface area contributed by atoms with Crippen molar-refractivity contribution in [3.05, 3.63) is 91.9 Å². The Morgan fingerprint density at radius 1 is 1.11 bits per heavy atom. The molecule has 1 saturated heterocycles. The molecule has 2 N–H and O–H groups in total. The van der Waals surface area contributed by atoms with Crippen LogP contribution in [0.25, 0.3) is 0 Å². The molecule has 2 bridgehead atoms. The molecule has 0 aliphatic carbocycles. The molecule has 1 fully saturated rings. The number of carbonyl (C=O) groups excluding carboxylic acids is 1. The number of methoxy groups -OCH3 is 1. The number of phenolic OH excluding ortho intramolecular Hbond substituents is 1. The van der Waals surface area contributed by atoms with Crippen LogP contribution in [0.5, 0.6) is 11.5 Å². The fourth-order valence-electron chi connectivity index (χ4n) is 5.57. The number of ether oxygens (including phenoxy) is 1. The van der Waals surface area contributed by atoms with Crippen LogP contribution in [0.3, 0.4) is 0 Å². The van der Waals surface area contributed by atoms with E-state index >= 15 is 0 Å². The molecule has 2 aliphatic rings. The van der Waals surface area contributed by atoms with Crippen LogP contribution >= 0.6 is 0 Å². The van der Waals surface area contributed by atoms with Crippen molar-refractivity contribution in [3.8, 4) is 11.5 Å². The molecule has 2 aliphatic heterocycles. The maximum Gasteiger partial charge on any atom is 0.306 e. The van der Waals surface area contributed by atoms with Gasteiger partial charge in [0.2, 0.25) is 11.2 Å². The molecule has 0 amide bonds. The highest BCUT2D eigenvalue weighted by Gasteiger charge is 2.35. The number of aromatic nitrogens is 1. The third-order valence-electron chi connectivity index (χ3n) is 7.12. The molecule has 36 heavy (non-hydrogen) atoms. The maximum absolute atomic E-state index is 12.7. The maximum atomic E-state index is 12.7. The monoisotopic (exact) mass is 492 g/mol. The number of fused-ring (bicyclic) bond motifs is 4. The second-order valence-electron chi connectivity index (χ2n) is 9.61. The van der Waals surface area contributed by atoms with Crippen molar-refractivity contribution in [3.63, 3.8) is 0 Å². The average Bonchev–Trinajstić information content (AvgIpc) is 2.85. The molecular weight excluding hydrogens is 464 g/mol. The Morgan fingerprint density at radius 3 is 2.69 bits per heavy atom. The van der Waals surface area contributed by atoms with Crippen LogP contribution in [-0.4, -0.2) is 45.8 Å². The fourth-order valence-corrected chi connectivity index (χ4v) is 5.57. The van der Waals surface area contributed by atoms with Crippen molar-refractivity contribution in [2.75, 3.05) is 20.2 Å². The first-order chi connectivity index (χ1) is 17.3. The van der Waals surface area contributed by atoms with Crippen LogP contribution in [-0.2, 0) is 22.6 Å². The summed E-state index contributed by atoms with van der Waals surface area (Å²) in [4.78, 5) is 39.4. The minimum Gasteiger partial charge on any atom is -0.508 e. The summed E-state index contributed by atoms with van der Waals surface area (Å²) < 4.78 is 12.8. The van der Waals surface area contributed by atoms with Crippen molar-refractivity contribution in [1.29, 1.82) is 0 Å². The Kier molecular flexibility index (Phi) is 6.40. The van der Waals surface area contributed by atoms with E-state index in [9.17, 15) is 24.6 Å². The van der Waals surface area contributed by atoms with Gasteiger partial charge in [-0.1, -0.05) is 18.2 Å². The van der Waals surface area contributed by atoms with Gasteiger partial charge in [-0.05, 0) is 36.1 Å². The van der Waals surface area contributed by atoms with Crippen LogP contribution in [0.2, 0.25) is 0 Å². The molecule has 188 valence electrons. The second kappa shape index (κ2) is 9.66. The zero-order chi connectivity index (χ0) is 25.4. The third kappa shape index (κ3) is 4.66. The second-order valence-corrected chi connectivity index (χ2v) is 9.61. The number of benzene rings is 1. The van der Waals surface area contributed by atoms with Gasteiger partial charge >= 0.3 is 5.97 Å². The van der Waals surface area contributed by atoms with Gasteiger partial charge in [0.05, 0.1) is 26.0 Å². The van der Waals surface area contributed by atoms with Gasteiger partial charge in [-0.15, -0.1) is 0 Å². The molecule has 9 nitrogen and oxygen atoms in total. The summed E-state index contributed by atoms with van der Waals surface area (Å²) in [6.45, 7) is 2.45. The highest BCUT2D eigenvalue weighted by molar-refractivity contribution is 5.71. The molecule has 9 heteroatoms. The molecule has 3 aromatic rings. The van der Waals surface area contributed by atoms with Crippen molar-refractivity contribution < 1.29 is 24.2 Å². The lowest BCUT2D eigenvalue weighted by Gasteiger charge is -2.42. The molecule has 0 saturated carbocycles. The van der Waals surface area contributed by atoms with E-state index in [0.29, 0.717) is 36.9 Å². The van der Waals surface area contributed by atoms with Crippen LogP contribution in [0.4, 0.5) is 0 Å². The molecule has 1 unspecified atom stereocenters. The zero-order valence-electron chi connectivity index (χ0n) is 19.9. The number of nitrogens with zero attached hydrogens (tertiary/aromatic N) is 2. The van der Waals surface area contributed by atoms with E-state index in [1.807, 2.05) is 10.6 Å². The number of carbonyl (C=O) groups is 1. The molecular formula is C27H28N2O7. The van der Waals surface area contributed by atoms with Crippen molar-refractivity contribution in [2.24, 2.45) is 5.92 Å². The molecule has 2 aromatic heterocycles.